The van der Waals surface area contributed by atoms with E-state index in [1.807, 2.05) is 12.1 Å². The summed E-state index contributed by atoms with van der Waals surface area (Å²) in [6.07, 6.45) is 2.31. The van der Waals surface area contributed by atoms with Gasteiger partial charge in [-0.1, -0.05) is 0 Å². The Kier molecular flexibility index (Phi) is 5.83. The maximum absolute atomic E-state index is 14.0. The fourth-order valence-electron chi connectivity index (χ4n) is 3.98. The number of ether oxygens (including phenoxy) is 1. The van der Waals surface area contributed by atoms with Crippen molar-refractivity contribution in [1.29, 1.82) is 0 Å². The van der Waals surface area contributed by atoms with Gasteiger partial charge in [-0.05, 0) is 19.1 Å². The number of aliphatic hydroxyl groups excluding tert-OH is 1. The molecule has 1 saturated heterocycles. The van der Waals surface area contributed by atoms with Gasteiger partial charge in [0.25, 0.3) is 5.91 Å². The number of hydroxylamine groups is 2. The lowest BCUT2D eigenvalue weighted by atomic mass is 10.1. The van der Waals surface area contributed by atoms with Gasteiger partial charge < -0.3 is 24.9 Å². The minimum Gasteiger partial charge on any atom is -0.405 e. The molecule has 0 unspecified atom stereocenters. The highest BCUT2D eigenvalue weighted by Crippen LogP contribution is 2.39. The van der Waals surface area contributed by atoms with E-state index in [0.29, 0.717) is 55.5 Å². The molecule has 0 spiro atoms. The van der Waals surface area contributed by atoms with Gasteiger partial charge in [0, 0.05) is 37.1 Å². The lowest BCUT2D eigenvalue weighted by molar-refractivity contribution is -0.0742. The minimum atomic E-state index is -1.43. The Morgan fingerprint density at radius 2 is 2.15 bits per heavy atom. The number of hydrogen-bond donors (Lipinski definition) is 2. The second-order valence-corrected chi connectivity index (χ2v) is 8.15. The number of halogens is 1. The first kappa shape index (κ1) is 21.6. The number of carbonyl (C=O) groups is 1. The predicted octanol–water partition coefficient (Wildman–Crippen LogP) is 1.65. The average molecular weight is 456 g/mol. The number of benzene rings is 1. The van der Waals surface area contributed by atoms with Crippen molar-refractivity contribution in [3.8, 4) is 5.75 Å². The van der Waals surface area contributed by atoms with Crippen molar-refractivity contribution in [1.82, 2.24) is 19.7 Å². The first-order valence-electron chi connectivity index (χ1n) is 10.8. The number of rotatable bonds is 6. The first-order chi connectivity index (χ1) is 16.0. The molecule has 2 N–H and O–H groups in total. The van der Waals surface area contributed by atoms with Gasteiger partial charge >= 0.3 is 0 Å². The average Bonchev–Trinajstić information content (AvgIpc) is 3.42. The SMILES string of the molecule is C[C@@H](O)[C@H](F)CN1Cc2cc(NC(=O)c3cnn4cccnc34)c(N3CCOCC3)cc2O1. The molecule has 33 heavy (non-hydrogen) atoms. The Labute approximate surface area is 189 Å². The molecule has 1 aromatic carbocycles. The second kappa shape index (κ2) is 8.93. The molecule has 0 radical (unpaired) electrons. The van der Waals surface area contributed by atoms with Crippen LogP contribution in [0.3, 0.4) is 0 Å². The zero-order chi connectivity index (χ0) is 22.9. The number of carbonyl (C=O) groups excluding carboxylic acids is 1. The Hall–Kier alpha value is -3.28. The lowest BCUT2D eigenvalue weighted by Gasteiger charge is -2.30. The number of morpholine rings is 1. The van der Waals surface area contributed by atoms with Crippen LogP contribution in [0.4, 0.5) is 15.8 Å². The third-order valence-corrected chi connectivity index (χ3v) is 5.78. The highest BCUT2D eigenvalue weighted by atomic mass is 19.1. The molecule has 0 bridgehead atoms. The van der Waals surface area contributed by atoms with E-state index in [2.05, 4.69) is 20.3 Å². The summed E-state index contributed by atoms with van der Waals surface area (Å²) >= 11 is 0. The number of hydrogen-bond acceptors (Lipinski definition) is 8. The lowest BCUT2D eigenvalue weighted by Crippen LogP contribution is -2.36. The third kappa shape index (κ3) is 4.34. The van der Waals surface area contributed by atoms with Crippen molar-refractivity contribution in [3.63, 3.8) is 0 Å². The number of alkyl halides is 1. The number of anilines is 2. The number of nitrogens with one attached hydrogen (secondary N) is 1. The first-order valence-corrected chi connectivity index (χ1v) is 10.8. The second-order valence-electron chi connectivity index (χ2n) is 8.15. The van der Waals surface area contributed by atoms with E-state index in [0.717, 1.165) is 11.3 Å². The molecular weight excluding hydrogens is 431 g/mol. The summed E-state index contributed by atoms with van der Waals surface area (Å²) < 4.78 is 21.1. The fourth-order valence-corrected chi connectivity index (χ4v) is 3.98. The van der Waals surface area contributed by atoms with Crippen LogP contribution in [0.15, 0.2) is 36.8 Å². The third-order valence-electron chi connectivity index (χ3n) is 5.78. The van der Waals surface area contributed by atoms with Crippen LogP contribution in [0.1, 0.15) is 22.8 Å². The van der Waals surface area contributed by atoms with Crippen LogP contribution in [0.2, 0.25) is 0 Å². The summed E-state index contributed by atoms with van der Waals surface area (Å²) in [5.41, 5.74) is 3.06. The standard InChI is InChI=1S/C22H25FN6O4/c1-14(30)17(23)13-28-12-15-9-18(19(10-20(15)33-28)27-5-7-32-8-6-27)26-22(31)16-11-25-29-4-2-3-24-21(16)29/h2-4,9-11,14,17,30H,5-8,12-13H2,1H3,(H,26,31)/t14-,17-/m1/s1. The molecule has 5 rings (SSSR count). The van der Waals surface area contributed by atoms with Crippen molar-refractivity contribution in [3.05, 3.63) is 47.9 Å². The topological polar surface area (TPSA) is 104 Å². The van der Waals surface area contributed by atoms with Crippen LogP contribution in [0, 0.1) is 0 Å². The van der Waals surface area contributed by atoms with E-state index in [-0.39, 0.29) is 12.5 Å². The van der Waals surface area contributed by atoms with Crippen LogP contribution >= 0.6 is 0 Å². The fraction of sp³-hybridized carbons (Fsp3) is 0.409. The van der Waals surface area contributed by atoms with Gasteiger partial charge in [-0.15, -0.1) is 5.06 Å². The van der Waals surface area contributed by atoms with E-state index in [1.165, 1.54) is 18.2 Å². The van der Waals surface area contributed by atoms with Crippen LogP contribution in [-0.4, -0.2) is 75.8 Å². The molecule has 174 valence electrons. The number of fused-ring (bicyclic) bond motifs is 2. The van der Waals surface area contributed by atoms with Gasteiger partial charge in [0.15, 0.2) is 11.4 Å². The van der Waals surface area contributed by atoms with E-state index in [1.54, 1.807) is 23.0 Å². The molecule has 2 aliphatic heterocycles. The van der Waals surface area contributed by atoms with Crippen LogP contribution in [0.5, 0.6) is 5.75 Å². The minimum absolute atomic E-state index is 0.0605. The monoisotopic (exact) mass is 456 g/mol. The highest BCUT2D eigenvalue weighted by molar-refractivity contribution is 6.09. The van der Waals surface area contributed by atoms with Crippen LogP contribution in [-0.2, 0) is 11.3 Å². The molecule has 0 aliphatic carbocycles. The smallest absolute Gasteiger partial charge is 0.261 e. The van der Waals surface area contributed by atoms with Crippen molar-refractivity contribution < 1.29 is 23.9 Å². The van der Waals surface area contributed by atoms with Gasteiger partial charge in [-0.3, -0.25) is 4.79 Å². The van der Waals surface area contributed by atoms with E-state index in [4.69, 9.17) is 9.57 Å². The molecule has 10 nitrogen and oxygen atoms in total. The number of amides is 1. The predicted molar refractivity (Wildman–Crippen MR) is 118 cm³/mol. The summed E-state index contributed by atoms with van der Waals surface area (Å²) in [6.45, 7) is 4.17. The van der Waals surface area contributed by atoms with Crippen molar-refractivity contribution in [2.75, 3.05) is 43.1 Å². The molecule has 2 atom stereocenters. The molecule has 0 saturated carbocycles. The van der Waals surface area contributed by atoms with Crippen LogP contribution < -0.4 is 15.1 Å². The largest absolute Gasteiger partial charge is 0.405 e. The van der Waals surface area contributed by atoms with Gasteiger partial charge in [0.2, 0.25) is 0 Å². The molecule has 2 aliphatic rings. The molecular formula is C22H25FN6O4. The van der Waals surface area contributed by atoms with Gasteiger partial charge in [-0.2, -0.15) is 5.10 Å². The van der Waals surface area contributed by atoms with E-state index in [9.17, 15) is 14.3 Å². The van der Waals surface area contributed by atoms with E-state index >= 15 is 0 Å². The molecule has 4 heterocycles. The Bertz CT molecular complexity index is 1160. The summed E-state index contributed by atoms with van der Waals surface area (Å²) in [7, 11) is 0. The Morgan fingerprint density at radius 1 is 1.33 bits per heavy atom. The zero-order valence-corrected chi connectivity index (χ0v) is 18.1. The van der Waals surface area contributed by atoms with E-state index < -0.39 is 12.3 Å². The number of nitrogens with zero attached hydrogens (tertiary/aromatic N) is 5. The zero-order valence-electron chi connectivity index (χ0n) is 18.1. The van der Waals surface area contributed by atoms with Crippen molar-refractivity contribution >= 4 is 22.9 Å². The van der Waals surface area contributed by atoms with Gasteiger partial charge in [0.1, 0.15) is 11.7 Å². The maximum Gasteiger partial charge on any atom is 0.261 e. The van der Waals surface area contributed by atoms with Crippen LogP contribution in [0.25, 0.3) is 5.65 Å². The quantitative estimate of drug-likeness (QED) is 0.577. The Balaban J connectivity index is 1.44. The molecule has 2 aromatic heterocycles. The maximum atomic E-state index is 14.0. The molecule has 11 heteroatoms. The summed E-state index contributed by atoms with van der Waals surface area (Å²) in [6, 6.07) is 5.46. The number of aliphatic hydroxyl groups is 1. The summed E-state index contributed by atoms with van der Waals surface area (Å²) in [5.74, 6) is 0.275. The summed E-state index contributed by atoms with van der Waals surface area (Å²) in [5, 5.41) is 18.2. The molecule has 1 fully saturated rings. The summed E-state index contributed by atoms with van der Waals surface area (Å²) in [4.78, 5) is 25.4. The van der Waals surface area contributed by atoms with Crippen molar-refractivity contribution in [2.24, 2.45) is 0 Å². The Morgan fingerprint density at radius 3 is 2.94 bits per heavy atom. The normalized spacial score (nSPS) is 18.1. The van der Waals surface area contributed by atoms with Gasteiger partial charge in [0.05, 0.1) is 50.0 Å². The molecule has 3 aromatic rings. The highest BCUT2D eigenvalue weighted by Gasteiger charge is 2.29. The van der Waals surface area contributed by atoms with Crippen molar-refractivity contribution in [2.45, 2.75) is 25.7 Å². The molecule has 1 amide bonds. The van der Waals surface area contributed by atoms with Gasteiger partial charge in [-0.25, -0.2) is 13.9 Å². The number of aromatic nitrogens is 3.